The van der Waals surface area contributed by atoms with Crippen LogP contribution in [0.5, 0.6) is 0 Å². The second-order valence-corrected chi connectivity index (χ2v) is 3.29. The Kier molecular flexibility index (Phi) is 6.60. The van der Waals surface area contributed by atoms with Gasteiger partial charge in [-0.2, -0.15) is 13.2 Å². The van der Waals surface area contributed by atoms with E-state index in [1.807, 2.05) is 0 Å². The average molecular weight is 256 g/mol. The van der Waals surface area contributed by atoms with E-state index in [-0.39, 0.29) is 13.0 Å². The first kappa shape index (κ1) is 15.7. The molecule has 0 saturated carbocycles. The van der Waals surface area contributed by atoms with E-state index in [1.54, 1.807) is 6.92 Å². The van der Waals surface area contributed by atoms with E-state index >= 15 is 0 Å². The largest absolute Gasteiger partial charge is 0.490 e. The number of unbranched alkanes of at least 4 members (excludes halogenated alkanes) is 1. The summed E-state index contributed by atoms with van der Waals surface area (Å²) < 4.78 is 44.5. The topological polar surface area (TPSA) is 52.6 Å². The minimum absolute atomic E-state index is 0.0189. The molecule has 0 aliphatic heterocycles. The molecule has 0 aliphatic rings. The van der Waals surface area contributed by atoms with Gasteiger partial charge in [0.15, 0.2) is 6.10 Å². The molecular weight excluding hydrogens is 241 g/mol. The molecule has 0 aromatic heterocycles. The van der Waals surface area contributed by atoms with E-state index in [0.29, 0.717) is 12.8 Å². The maximum absolute atomic E-state index is 12.0. The van der Waals surface area contributed by atoms with Gasteiger partial charge in [0, 0.05) is 0 Å². The van der Waals surface area contributed by atoms with Gasteiger partial charge in [0.25, 0.3) is 0 Å². The summed E-state index contributed by atoms with van der Waals surface area (Å²) in [6, 6.07) is 0. The highest BCUT2D eigenvalue weighted by Crippen LogP contribution is 2.19. The van der Waals surface area contributed by atoms with Gasteiger partial charge in [-0.05, 0) is 19.8 Å². The molecule has 1 unspecified atom stereocenters. The van der Waals surface area contributed by atoms with Crippen molar-refractivity contribution < 1.29 is 32.2 Å². The van der Waals surface area contributed by atoms with Crippen molar-refractivity contribution in [2.24, 2.45) is 0 Å². The van der Waals surface area contributed by atoms with Crippen LogP contribution in [0.4, 0.5) is 13.2 Å². The Labute approximate surface area is 97.1 Å². The zero-order valence-corrected chi connectivity index (χ0v) is 9.67. The predicted molar refractivity (Wildman–Crippen MR) is 52.1 cm³/mol. The fourth-order valence-electron chi connectivity index (χ4n) is 1.05. The van der Waals surface area contributed by atoms with Gasteiger partial charge in [0.1, 0.15) is 0 Å². The first-order chi connectivity index (χ1) is 7.82. The lowest BCUT2D eigenvalue weighted by Gasteiger charge is -2.16. The Bertz CT molecular complexity index is 263. The number of carbonyl (C=O) groups is 2. The fourth-order valence-corrected chi connectivity index (χ4v) is 1.05. The summed E-state index contributed by atoms with van der Waals surface area (Å²) in [7, 11) is 0. The van der Waals surface area contributed by atoms with Crippen molar-refractivity contribution in [3.63, 3.8) is 0 Å². The van der Waals surface area contributed by atoms with Crippen molar-refractivity contribution in [1.29, 1.82) is 0 Å². The molecule has 0 spiro atoms. The van der Waals surface area contributed by atoms with Crippen LogP contribution >= 0.6 is 0 Å². The number of hydrogen-bond donors (Lipinski definition) is 0. The van der Waals surface area contributed by atoms with Gasteiger partial charge in [-0.3, -0.25) is 0 Å². The number of halogens is 3. The smallest absolute Gasteiger partial charge is 0.463 e. The Morgan fingerprint density at radius 2 is 1.82 bits per heavy atom. The van der Waals surface area contributed by atoms with Crippen molar-refractivity contribution in [2.75, 3.05) is 6.61 Å². The van der Waals surface area contributed by atoms with Crippen molar-refractivity contribution in [3.8, 4) is 0 Å². The number of ether oxygens (including phenoxy) is 2. The quantitative estimate of drug-likeness (QED) is 0.684. The number of carbonyl (C=O) groups excluding carboxylic acids is 2. The summed E-state index contributed by atoms with van der Waals surface area (Å²) >= 11 is 0. The molecule has 0 amide bonds. The van der Waals surface area contributed by atoms with Crippen LogP contribution in [0.1, 0.15) is 33.1 Å². The van der Waals surface area contributed by atoms with Crippen LogP contribution in [0.15, 0.2) is 0 Å². The SMILES string of the molecule is CCCCC(OC(=O)C(F)(F)F)C(=O)OCC. The van der Waals surface area contributed by atoms with Crippen molar-refractivity contribution >= 4 is 11.9 Å². The molecule has 4 nitrogen and oxygen atoms in total. The van der Waals surface area contributed by atoms with Gasteiger partial charge in [-0.15, -0.1) is 0 Å². The lowest BCUT2D eigenvalue weighted by atomic mass is 10.1. The van der Waals surface area contributed by atoms with E-state index in [0.717, 1.165) is 0 Å². The van der Waals surface area contributed by atoms with Gasteiger partial charge in [0.05, 0.1) is 6.61 Å². The number of esters is 2. The number of rotatable bonds is 6. The highest BCUT2D eigenvalue weighted by molar-refractivity contribution is 5.81. The molecule has 0 bridgehead atoms. The van der Waals surface area contributed by atoms with E-state index in [1.165, 1.54) is 6.92 Å². The normalized spacial score (nSPS) is 13.0. The van der Waals surface area contributed by atoms with Crippen molar-refractivity contribution in [1.82, 2.24) is 0 Å². The van der Waals surface area contributed by atoms with E-state index in [9.17, 15) is 22.8 Å². The van der Waals surface area contributed by atoms with Crippen LogP contribution in [-0.2, 0) is 19.1 Å². The second-order valence-electron chi connectivity index (χ2n) is 3.29. The molecule has 1 atom stereocenters. The predicted octanol–water partition coefficient (Wildman–Crippen LogP) is 2.21. The third-order valence-electron chi connectivity index (χ3n) is 1.85. The molecule has 0 fully saturated rings. The van der Waals surface area contributed by atoms with Crippen LogP contribution in [0.3, 0.4) is 0 Å². The molecule has 7 heteroatoms. The molecule has 0 heterocycles. The molecular formula is C10H15F3O4. The standard InChI is InChI=1S/C10H15F3O4/c1-3-5-6-7(8(14)16-4-2)17-9(15)10(11,12)13/h7H,3-6H2,1-2H3. The van der Waals surface area contributed by atoms with Crippen LogP contribution in [0, 0.1) is 0 Å². The number of hydrogen-bond acceptors (Lipinski definition) is 4. The summed E-state index contributed by atoms with van der Waals surface area (Å²) in [4.78, 5) is 21.8. The van der Waals surface area contributed by atoms with E-state index in [2.05, 4.69) is 9.47 Å². The van der Waals surface area contributed by atoms with Crippen LogP contribution in [0.25, 0.3) is 0 Å². The lowest BCUT2D eigenvalue weighted by Crippen LogP contribution is -2.35. The minimum Gasteiger partial charge on any atom is -0.463 e. The van der Waals surface area contributed by atoms with Crippen molar-refractivity contribution in [2.45, 2.75) is 45.4 Å². The molecule has 0 N–H and O–H groups in total. The molecule has 0 radical (unpaired) electrons. The highest BCUT2D eigenvalue weighted by atomic mass is 19.4. The maximum atomic E-state index is 12.0. The van der Waals surface area contributed by atoms with Gasteiger partial charge in [0.2, 0.25) is 0 Å². The Hall–Kier alpha value is -1.27. The first-order valence-corrected chi connectivity index (χ1v) is 5.27. The van der Waals surface area contributed by atoms with E-state index < -0.39 is 24.2 Å². The summed E-state index contributed by atoms with van der Waals surface area (Å²) in [6.45, 7) is 3.33. The third-order valence-corrected chi connectivity index (χ3v) is 1.85. The van der Waals surface area contributed by atoms with Gasteiger partial charge in [-0.1, -0.05) is 13.3 Å². The highest BCUT2D eigenvalue weighted by Gasteiger charge is 2.43. The number of alkyl halides is 3. The molecule has 0 aromatic rings. The first-order valence-electron chi connectivity index (χ1n) is 5.27. The van der Waals surface area contributed by atoms with Gasteiger partial charge >= 0.3 is 18.1 Å². The average Bonchev–Trinajstić information content (AvgIpc) is 2.22. The van der Waals surface area contributed by atoms with Gasteiger partial charge in [-0.25, -0.2) is 9.59 Å². The zero-order chi connectivity index (χ0) is 13.5. The zero-order valence-electron chi connectivity index (χ0n) is 9.67. The Morgan fingerprint density at radius 1 is 1.24 bits per heavy atom. The summed E-state index contributed by atoms with van der Waals surface area (Å²) in [5, 5.41) is 0. The lowest BCUT2D eigenvalue weighted by molar-refractivity contribution is -0.208. The minimum atomic E-state index is -5.10. The summed E-state index contributed by atoms with van der Waals surface area (Å²) in [5.41, 5.74) is 0. The van der Waals surface area contributed by atoms with Crippen LogP contribution in [-0.4, -0.2) is 30.8 Å². The van der Waals surface area contributed by atoms with Crippen LogP contribution < -0.4 is 0 Å². The summed E-state index contributed by atoms with van der Waals surface area (Å²) in [5.74, 6) is -3.31. The monoisotopic (exact) mass is 256 g/mol. The maximum Gasteiger partial charge on any atom is 0.490 e. The second kappa shape index (κ2) is 7.13. The Balaban J connectivity index is 4.48. The van der Waals surface area contributed by atoms with Crippen LogP contribution in [0.2, 0.25) is 0 Å². The molecule has 100 valence electrons. The summed E-state index contributed by atoms with van der Waals surface area (Å²) in [6.07, 6.45) is -5.42. The van der Waals surface area contributed by atoms with E-state index in [4.69, 9.17) is 0 Å². The molecule has 17 heavy (non-hydrogen) atoms. The Morgan fingerprint density at radius 3 is 2.24 bits per heavy atom. The molecule has 0 aliphatic carbocycles. The molecule has 0 rings (SSSR count). The third kappa shape index (κ3) is 6.13. The van der Waals surface area contributed by atoms with Crippen molar-refractivity contribution in [3.05, 3.63) is 0 Å². The fraction of sp³-hybridized carbons (Fsp3) is 0.800. The van der Waals surface area contributed by atoms with Gasteiger partial charge < -0.3 is 9.47 Å². The molecule has 0 saturated heterocycles. The molecule has 0 aromatic carbocycles.